The number of carbonyl (C=O) groups is 2. The first-order valence-corrected chi connectivity index (χ1v) is 13.2. The van der Waals surface area contributed by atoms with E-state index in [0.29, 0.717) is 37.4 Å². The predicted molar refractivity (Wildman–Crippen MR) is 128 cm³/mol. The average Bonchev–Trinajstić information content (AvgIpc) is 2.87. The van der Waals surface area contributed by atoms with Gasteiger partial charge in [0.05, 0.1) is 11.5 Å². The van der Waals surface area contributed by atoms with E-state index in [1.807, 2.05) is 28.0 Å². The Morgan fingerprint density at radius 1 is 1.00 bits per heavy atom. The number of urea groups is 1. The monoisotopic (exact) mass is 467 g/mol. The second-order valence-corrected chi connectivity index (χ2v) is 11.4. The summed E-state index contributed by atoms with van der Waals surface area (Å²) in [6, 6.07) is 6.05. The molecule has 2 N–H and O–H groups in total. The summed E-state index contributed by atoms with van der Waals surface area (Å²) in [6.07, 6.45) is 8.28. The lowest BCUT2D eigenvalue weighted by Crippen LogP contribution is -2.61. The molecule has 0 spiro atoms. The van der Waals surface area contributed by atoms with Crippen LogP contribution in [0.4, 0.5) is 10.6 Å². The predicted octanol–water partition coefficient (Wildman–Crippen LogP) is 2.09. The normalized spacial score (nSPS) is 37.1. The van der Waals surface area contributed by atoms with E-state index in [4.69, 9.17) is 0 Å². The topological polar surface area (TPSA) is 89.0 Å². The Labute approximate surface area is 201 Å². The van der Waals surface area contributed by atoms with Gasteiger partial charge in [0, 0.05) is 51.5 Å². The zero-order valence-electron chi connectivity index (χ0n) is 19.9. The number of aliphatic hydroxyl groups excluding tert-OH is 1. The smallest absolute Gasteiger partial charge is 0.320 e. The SMILES string of the molecule is O=C(N1CCN(c2ccccn2)CC1)N1CCC[C@H](NC(=O)C23CC4CC(C2)C(O)C(C4)C3)C1. The van der Waals surface area contributed by atoms with Crippen molar-refractivity contribution in [3.63, 3.8) is 0 Å². The molecule has 0 radical (unpaired) electrons. The molecule has 0 aromatic carbocycles. The van der Waals surface area contributed by atoms with Gasteiger partial charge in [-0.2, -0.15) is 0 Å². The van der Waals surface area contributed by atoms with Gasteiger partial charge in [-0.3, -0.25) is 4.79 Å². The van der Waals surface area contributed by atoms with Gasteiger partial charge in [0.25, 0.3) is 0 Å². The summed E-state index contributed by atoms with van der Waals surface area (Å²) in [6.45, 7) is 4.32. The van der Waals surface area contributed by atoms with E-state index in [2.05, 4.69) is 15.2 Å². The van der Waals surface area contributed by atoms with Crippen molar-refractivity contribution in [1.82, 2.24) is 20.1 Å². The van der Waals surface area contributed by atoms with Crippen LogP contribution in [0.1, 0.15) is 44.9 Å². The Morgan fingerprint density at radius 2 is 1.76 bits per heavy atom. The highest BCUT2D eigenvalue weighted by molar-refractivity contribution is 5.83. The van der Waals surface area contributed by atoms with Crippen LogP contribution in [0.15, 0.2) is 24.4 Å². The summed E-state index contributed by atoms with van der Waals surface area (Å²) >= 11 is 0. The number of pyridine rings is 1. The minimum absolute atomic E-state index is 0.0259. The maximum Gasteiger partial charge on any atom is 0.320 e. The molecular formula is C26H37N5O3. The Balaban J connectivity index is 1.04. The minimum atomic E-state index is -0.288. The van der Waals surface area contributed by atoms with Crippen molar-refractivity contribution >= 4 is 17.8 Å². The van der Waals surface area contributed by atoms with Gasteiger partial charge in [-0.1, -0.05) is 6.07 Å². The molecule has 2 unspecified atom stereocenters. The zero-order valence-corrected chi connectivity index (χ0v) is 19.9. The fourth-order valence-electron chi connectivity index (χ4n) is 7.75. The van der Waals surface area contributed by atoms with Crippen LogP contribution in [-0.4, -0.2) is 83.2 Å². The third-order valence-corrected chi connectivity index (χ3v) is 9.26. The van der Waals surface area contributed by atoms with Crippen molar-refractivity contribution in [3.8, 4) is 0 Å². The van der Waals surface area contributed by atoms with E-state index in [1.54, 1.807) is 6.20 Å². The molecule has 2 aliphatic heterocycles. The molecule has 7 rings (SSSR count). The molecule has 4 bridgehead atoms. The van der Waals surface area contributed by atoms with Crippen molar-refractivity contribution < 1.29 is 14.7 Å². The number of aromatic nitrogens is 1. The highest BCUT2D eigenvalue weighted by Crippen LogP contribution is 2.60. The summed E-state index contributed by atoms with van der Waals surface area (Å²) in [5.41, 5.74) is -0.288. The molecule has 3 amide bonds. The number of hydrogen-bond acceptors (Lipinski definition) is 5. The van der Waals surface area contributed by atoms with Crippen LogP contribution in [0.3, 0.4) is 0 Å². The molecule has 2 saturated heterocycles. The second kappa shape index (κ2) is 8.70. The first-order chi connectivity index (χ1) is 16.5. The molecule has 4 saturated carbocycles. The number of piperazine rings is 1. The molecule has 1 aromatic rings. The van der Waals surface area contributed by atoms with Crippen LogP contribution in [0.25, 0.3) is 0 Å². The number of carbonyl (C=O) groups excluding carboxylic acids is 2. The number of nitrogens with one attached hydrogen (secondary N) is 1. The number of aliphatic hydroxyl groups is 1. The zero-order chi connectivity index (χ0) is 23.3. The molecule has 34 heavy (non-hydrogen) atoms. The van der Waals surface area contributed by atoms with E-state index in [1.165, 1.54) is 0 Å². The highest BCUT2D eigenvalue weighted by atomic mass is 16.3. The standard InChI is InChI=1S/C26H37N5O3/c32-23-19-12-18-13-20(23)16-26(14-18,15-19)24(33)28-21-4-3-7-31(17-21)25(34)30-10-8-29(9-11-30)22-5-1-2-6-27-22/h1-2,5-6,18-21,23,32H,3-4,7-17H2,(H,28,33)/t18?,19?,20?,21-,23?,26?/m0/s1. The Hall–Kier alpha value is -2.35. The molecule has 184 valence electrons. The van der Waals surface area contributed by atoms with Crippen molar-refractivity contribution in [2.24, 2.45) is 23.2 Å². The maximum absolute atomic E-state index is 13.5. The van der Waals surface area contributed by atoms with Crippen LogP contribution < -0.4 is 10.2 Å². The molecule has 4 aliphatic carbocycles. The molecule has 8 nitrogen and oxygen atoms in total. The lowest BCUT2D eigenvalue weighted by atomic mass is 9.48. The van der Waals surface area contributed by atoms with Crippen molar-refractivity contribution in [1.29, 1.82) is 0 Å². The summed E-state index contributed by atoms with van der Waals surface area (Å²) in [4.78, 5) is 37.3. The molecule has 6 fully saturated rings. The van der Waals surface area contributed by atoms with Crippen molar-refractivity contribution in [2.45, 2.75) is 57.1 Å². The number of amides is 3. The fraction of sp³-hybridized carbons (Fsp3) is 0.731. The van der Waals surface area contributed by atoms with Gasteiger partial charge in [-0.15, -0.1) is 0 Å². The highest BCUT2D eigenvalue weighted by Gasteiger charge is 2.58. The number of likely N-dealkylation sites (tertiary alicyclic amines) is 1. The lowest BCUT2D eigenvalue weighted by Gasteiger charge is -2.58. The number of rotatable bonds is 3. The van der Waals surface area contributed by atoms with Gasteiger partial charge in [0.1, 0.15) is 5.82 Å². The third-order valence-electron chi connectivity index (χ3n) is 9.26. The number of hydrogen-bond donors (Lipinski definition) is 2. The Morgan fingerprint density at radius 3 is 2.47 bits per heavy atom. The molecule has 3 heterocycles. The van der Waals surface area contributed by atoms with Crippen LogP contribution in [0.2, 0.25) is 0 Å². The number of nitrogens with zero attached hydrogens (tertiary/aromatic N) is 4. The van der Waals surface area contributed by atoms with Gasteiger partial charge < -0.3 is 25.1 Å². The first-order valence-electron chi connectivity index (χ1n) is 13.2. The quantitative estimate of drug-likeness (QED) is 0.711. The van der Waals surface area contributed by atoms with Crippen molar-refractivity contribution in [3.05, 3.63) is 24.4 Å². The van der Waals surface area contributed by atoms with Gasteiger partial charge in [0.15, 0.2) is 0 Å². The van der Waals surface area contributed by atoms with Gasteiger partial charge in [-0.25, -0.2) is 9.78 Å². The minimum Gasteiger partial charge on any atom is -0.393 e. The Bertz CT molecular complexity index is 902. The summed E-state index contributed by atoms with van der Waals surface area (Å²) < 4.78 is 0. The summed E-state index contributed by atoms with van der Waals surface area (Å²) in [7, 11) is 0. The maximum atomic E-state index is 13.5. The van der Waals surface area contributed by atoms with E-state index >= 15 is 0 Å². The average molecular weight is 468 g/mol. The van der Waals surface area contributed by atoms with Crippen LogP contribution in [-0.2, 0) is 4.79 Å². The van der Waals surface area contributed by atoms with E-state index in [0.717, 1.165) is 70.4 Å². The number of anilines is 1. The third kappa shape index (κ3) is 3.93. The molecule has 6 aliphatic rings. The van der Waals surface area contributed by atoms with Crippen LogP contribution in [0, 0.1) is 23.2 Å². The fourth-order valence-corrected chi connectivity index (χ4v) is 7.75. The summed E-state index contributed by atoms with van der Waals surface area (Å²) in [5.74, 6) is 2.34. The van der Waals surface area contributed by atoms with E-state index < -0.39 is 0 Å². The molecule has 8 heteroatoms. The molecule has 3 atom stereocenters. The largest absolute Gasteiger partial charge is 0.393 e. The van der Waals surface area contributed by atoms with E-state index in [-0.39, 0.29) is 29.5 Å². The van der Waals surface area contributed by atoms with Crippen LogP contribution >= 0.6 is 0 Å². The second-order valence-electron chi connectivity index (χ2n) is 11.4. The van der Waals surface area contributed by atoms with Crippen LogP contribution in [0.5, 0.6) is 0 Å². The van der Waals surface area contributed by atoms with Crippen molar-refractivity contribution in [2.75, 3.05) is 44.2 Å². The lowest BCUT2D eigenvalue weighted by molar-refractivity contribution is -0.163. The van der Waals surface area contributed by atoms with Gasteiger partial charge in [0.2, 0.25) is 5.91 Å². The first kappa shape index (κ1) is 22.1. The van der Waals surface area contributed by atoms with Gasteiger partial charge in [-0.05, 0) is 74.8 Å². The number of piperidine rings is 1. The van der Waals surface area contributed by atoms with Gasteiger partial charge >= 0.3 is 6.03 Å². The molecular weight excluding hydrogens is 430 g/mol. The van der Waals surface area contributed by atoms with E-state index in [9.17, 15) is 14.7 Å². The summed E-state index contributed by atoms with van der Waals surface area (Å²) in [5, 5.41) is 13.9. The Kier molecular flexibility index (Phi) is 5.66. The molecule has 1 aromatic heterocycles.